The summed E-state index contributed by atoms with van der Waals surface area (Å²) in [5, 5.41) is 5.14. The Balaban J connectivity index is 1.49. The Morgan fingerprint density at radius 2 is 1.96 bits per heavy atom. The predicted octanol–water partition coefficient (Wildman–Crippen LogP) is 4.82. The zero-order chi connectivity index (χ0) is 19.8. The van der Waals surface area contributed by atoms with Gasteiger partial charge in [-0.3, -0.25) is 4.79 Å². The predicted molar refractivity (Wildman–Crippen MR) is 111 cm³/mol. The van der Waals surface area contributed by atoms with Crippen molar-refractivity contribution in [2.24, 2.45) is 0 Å². The molecule has 0 bridgehead atoms. The number of furan rings is 1. The van der Waals surface area contributed by atoms with Crippen LogP contribution < -0.4 is 10.1 Å². The number of fused-ring (bicyclic) bond motifs is 2. The number of hydrogen-bond acceptors (Lipinski definition) is 3. The molecule has 0 radical (unpaired) electrons. The number of hydrogen-bond donors (Lipinski definition) is 2. The molecule has 0 aliphatic heterocycles. The summed E-state index contributed by atoms with van der Waals surface area (Å²) in [6.45, 7) is 6.53. The van der Waals surface area contributed by atoms with Gasteiger partial charge in [0.15, 0.2) is 5.76 Å². The SMILES string of the molecule is COc1ccc2c(CCNC(=O)c3oc4c(C)cc(C)cc4c3C)c[nH]c2c1. The number of nitrogens with one attached hydrogen (secondary N) is 2. The number of amides is 1. The fourth-order valence-corrected chi connectivity index (χ4v) is 3.78. The highest BCUT2D eigenvalue weighted by atomic mass is 16.5. The van der Waals surface area contributed by atoms with Crippen molar-refractivity contribution in [1.29, 1.82) is 0 Å². The number of methoxy groups -OCH3 is 1. The average Bonchev–Trinajstić information content (AvgIpc) is 3.23. The molecule has 2 heterocycles. The Labute approximate surface area is 163 Å². The van der Waals surface area contributed by atoms with E-state index in [1.165, 1.54) is 0 Å². The molecule has 0 atom stereocenters. The van der Waals surface area contributed by atoms with Crippen molar-refractivity contribution in [3.05, 3.63) is 64.5 Å². The normalized spacial score (nSPS) is 11.3. The molecule has 2 aromatic carbocycles. The number of benzene rings is 2. The second-order valence-electron chi connectivity index (χ2n) is 7.25. The standard InChI is InChI=1S/C23H24N2O3/c1-13-9-14(2)21-19(10-13)15(3)22(28-21)23(26)24-8-7-16-12-25-20-11-17(27-4)5-6-18(16)20/h5-6,9-12,25H,7-8H2,1-4H3,(H,24,26). The summed E-state index contributed by atoms with van der Waals surface area (Å²) < 4.78 is 11.2. The van der Waals surface area contributed by atoms with Gasteiger partial charge in [-0.05, 0) is 62.1 Å². The molecule has 4 aromatic rings. The third kappa shape index (κ3) is 3.13. The van der Waals surface area contributed by atoms with Crippen LogP contribution in [0.3, 0.4) is 0 Å². The summed E-state index contributed by atoms with van der Waals surface area (Å²) in [7, 11) is 1.66. The van der Waals surface area contributed by atoms with Crippen molar-refractivity contribution in [2.75, 3.05) is 13.7 Å². The van der Waals surface area contributed by atoms with Gasteiger partial charge < -0.3 is 19.5 Å². The molecule has 144 valence electrons. The molecule has 1 amide bonds. The topological polar surface area (TPSA) is 67.3 Å². The van der Waals surface area contributed by atoms with Crippen LogP contribution in [0.25, 0.3) is 21.9 Å². The number of carbonyl (C=O) groups is 1. The van der Waals surface area contributed by atoms with Crippen molar-refractivity contribution < 1.29 is 13.9 Å². The van der Waals surface area contributed by atoms with E-state index in [0.29, 0.717) is 12.3 Å². The van der Waals surface area contributed by atoms with Gasteiger partial charge in [-0.2, -0.15) is 0 Å². The summed E-state index contributed by atoms with van der Waals surface area (Å²) in [6.07, 6.45) is 2.71. The Kier molecular flexibility index (Phi) is 4.59. The lowest BCUT2D eigenvalue weighted by atomic mass is 10.1. The van der Waals surface area contributed by atoms with Crippen molar-refractivity contribution in [2.45, 2.75) is 27.2 Å². The maximum Gasteiger partial charge on any atom is 0.287 e. The van der Waals surface area contributed by atoms with Crippen LogP contribution in [0.2, 0.25) is 0 Å². The molecule has 0 saturated heterocycles. The van der Waals surface area contributed by atoms with E-state index in [-0.39, 0.29) is 5.91 Å². The summed E-state index contributed by atoms with van der Waals surface area (Å²) in [5.74, 6) is 1.04. The second-order valence-corrected chi connectivity index (χ2v) is 7.25. The number of rotatable bonds is 5. The molecule has 0 aliphatic carbocycles. The third-order valence-electron chi connectivity index (χ3n) is 5.23. The fourth-order valence-electron chi connectivity index (χ4n) is 3.78. The number of ether oxygens (including phenoxy) is 1. The third-order valence-corrected chi connectivity index (χ3v) is 5.23. The van der Waals surface area contributed by atoms with Crippen LogP contribution in [0, 0.1) is 20.8 Å². The first-order chi connectivity index (χ1) is 13.5. The lowest BCUT2D eigenvalue weighted by molar-refractivity contribution is 0.0928. The van der Waals surface area contributed by atoms with E-state index in [4.69, 9.17) is 9.15 Å². The van der Waals surface area contributed by atoms with Crippen LogP contribution in [-0.2, 0) is 6.42 Å². The van der Waals surface area contributed by atoms with Gasteiger partial charge in [0.2, 0.25) is 0 Å². The molecule has 4 rings (SSSR count). The second kappa shape index (κ2) is 7.08. The van der Waals surface area contributed by atoms with Crippen molar-refractivity contribution in [3.8, 4) is 5.75 Å². The number of aromatic amines is 1. The van der Waals surface area contributed by atoms with Gasteiger partial charge in [-0.15, -0.1) is 0 Å². The highest BCUT2D eigenvalue weighted by Crippen LogP contribution is 2.29. The van der Waals surface area contributed by atoms with Gasteiger partial charge in [0, 0.05) is 40.7 Å². The molecule has 2 N–H and O–H groups in total. The van der Waals surface area contributed by atoms with Crippen molar-refractivity contribution in [1.82, 2.24) is 10.3 Å². The maximum absolute atomic E-state index is 12.7. The minimum Gasteiger partial charge on any atom is -0.497 e. The van der Waals surface area contributed by atoms with E-state index in [1.807, 2.05) is 38.2 Å². The van der Waals surface area contributed by atoms with Gasteiger partial charge in [-0.25, -0.2) is 0 Å². The van der Waals surface area contributed by atoms with Crippen LogP contribution in [0.4, 0.5) is 0 Å². The number of carbonyl (C=O) groups excluding carboxylic acids is 1. The summed E-state index contributed by atoms with van der Waals surface area (Å²) >= 11 is 0. The maximum atomic E-state index is 12.7. The molecule has 0 unspecified atom stereocenters. The summed E-state index contributed by atoms with van der Waals surface area (Å²) in [6, 6.07) is 10.1. The Bertz CT molecular complexity index is 1180. The van der Waals surface area contributed by atoms with E-state index in [1.54, 1.807) is 7.11 Å². The van der Waals surface area contributed by atoms with Crippen LogP contribution in [0.5, 0.6) is 5.75 Å². The molecular weight excluding hydrogens is 352 g/mol. The van der Waals surface area contributed by atoms with E-state index < -0.39 is 0 Å². The van der Waals surface area contributed by atoms with E-state index in [2.05, 4.69) is 29.4 Å². The molecule has 2 aromatic heterocycles. The fraction of sp³-hybridized carbons (Fsp3) is 0.261. The van der Waals surface area contributed by atoms with Gasteiger partial charge in [0.25, 0.3) is 5.91 Å². The monoisotopic (exact) mass is 376 g/mol. The van der Waals surface area contributed by atoms with Crippen molar-refractivity contribution >= 4 is 27.8 Å². The number of aromatic nitrogens is 1. The van der Waals surface area contributed by atoms with Crippen LogP contribution in [0.1, 0.15) is 32.8 Å². The van der Waals surface area contributed by atoms with Crippen LogP contribution >= 0.6 is 0 Å². The zero-order valence-electron chi connectivity index (χ0n) is 16.6. The molecule has 5 nitrogen and oxygen atoms in total. The van der Waals surface area contributed by atoms with Gasteiger partial charge in [0.05, 0.1) is 7.11 Å². The quantitative estimate of drug-likeness (QED) is 0.525. The van der Waals surface area contributed by atoms with Gasteiger partial charge in [0.1, 0.15) is 11.3 Å². The zero-order valence-corrected chi connectivity index (χ0v) is 16.6. The lowest BCUT2D eigenvalue weighted by Crippen LogP contribution is -2.25. The van der Waals surface area contributed by atoms with Crippen LogP contribution in [-0.4, -0.2) is 24.5 Å². The van der Waals surface area contributed by atoms with Gasteiger partial charge >= 0.3 is 0 Å². The van der Waals surface area contributed by atoms with Crippen molar-refractivity contribution in [3.63, 3.8) is 0 Å². The number of aryl methyl sites for hydroxylation is 3. The Morgan fingerprint density at radius 1 is 1.14 bits per heavy atom. The highest BCUT2D eigenvalue weighted by Gasteiger charge is 2.18. The first-order valence-corrected chi connectivity index (χ1v) is 9.40. The Morgan fingerprint density at radius 3 is 2.75 bits per heavy atom. The largest absolute Gasteiger partial charge is 0.497 e. The first kappa shape index (κ1) is 18.2. The highest BCUT2D eigenvalue weighted by molar-refractivity contribution is 5.99. The molecule has 28 heavy (non-hydrogen) atoms. The first-order valence-electron chi connectivity index (χ1n) is 9.40. The minimum atomic E-state index is -0.174. The van der Waals surface area contributed by atoms with E-state index in [0.717, 1.165) is 56.3 Å². The van der Waals surface area contributed by atoms with E-state index >= 15 is 0 Å². The molecular formula is C23H24N2O3. The molecule has 0 fully saturated rings. The smallest absolute Gasteiger partial charge is 0.287 e. The average molecular weight is 376 g/mol. The lowest BCUT2D eigenvalue weighted by Gasteiger charge is -2.04. The summed E-state index contributed by atoms with van der Waals surface area (Å²) in [5.41, 5.74) is 6.07. The van der Waals surface area contributed by atoms with E-state index in [9.17, 15) is 4.79 Å². The molecule has 5 heteroatoms. The summed E-state index contributed by atoms with van der Waals surface area (Å²) in [4.78, 5) is 15.9. The molecule has 0 saturated carbocycles. The molecule has 0 spiro atoms. The minimum absolute atomic E-state index is 0.174. The number of H-pyrrole nitrogens is 1. The Hall–Kier alpha value is -3.21. The van der Waals surface area contributed by atoms with Crippen LogP contribution in [0.15, 0.2) is 40.9 Å². The van der Waals surface area contributed by atoms with Gasteiger partial charge in [-0.1, -0.05) is 6.07 Å². The molecule has 0 aliphatic rings.